The standard InChI is InChI=1S/C18H24N2O2S/c1-14(12-16-8-5-11-23-16)13-20-18(22)19-10-9-17(21)15-6-3-2-4-7-15/h2-8,11,14,17,21H,9-10,12-13H2,1H3,(H2,19,20,22). The summed E-state index contributed by atoms with van der Waals surface area (Å²) in [5, 5.41) is 17.8. The van der Waals surface area contributed by atoms with Gasteiger partial charge in [-0.3, -0.25) is 0 Å². The summed E-state index contributed by atoms with van der Waals surface area (Å²) in [7, 11) is 0. The van der Waals surface area contributed by atoms with Crippen molar-refractivity contribution in [3.8, 4) is 0 Å². The molecule has 0 aliphatic carbocycles. The Bertz CT molecular complexity index is 572. The highest BCUT2D eigenvalue weighted by Crippen LogP contribution is 2.15. The van der Waals surface area contributed by atoms with Crippen molar-refractivity contribution in [1.29, 1.82) is 0 Å². The van der Waals surface area contributed by atoms with Crippen LogP contribution in [0.5, 0.6) is 0 Å². The van der Waals surface area contributed by atoms with Crippen molar-refractivity contribution in [3.05, 3.63) is 58.3 Å². The number of urea groups is 1. The maximum absolute atomic E-state index is 11.8. The Morgan fingerprint density at radius 2 is 1.96 bits per heavy atom. The van der Waals surface area contributed by atoms with Gasteiger partial charge in [-0.05, 0) is 35.8 Å². The van der Waals surface area contributed by atoms with Gasteiger partial charge in [0.2, 0.25) is 0 Å². The van der Waals surface area contributed by atoms with E-state index in [1.165, 1.54) is 4.88 Å². The zero-order chi connectivity index (χ0) is 16.5. The van der Waals surface area contributed by atoms with Gasteiger partial charge in [-0.25, -0.2) is 4.79 Å². The van der Waals surface area contributed by atoms with Crippen molar-refractivity contribution in [2.45, 2.75) is 25.9 Å². The van der Waals surface area contributed by atoms with E-state index in [-0.39, 0.29) is 6.03 Å². The minimum absolute atomic E-state index is 0.178. The molecule has 0 radical (unpaired) electrons. The van der Waals surface area contributed by atoms with Crippen LogP contribution in [0.3, 0.4) is 0 Å². The Labute approximate surface area is 141 Å². The molecule has 23 heavy (non-hydrogen) atoms. The van der Waals surface area contributed by atoms with Crippen LogP contribution >= 0.6 is 11.3 Å². The van der Waals surface area contributed by atoms with Gasteiger partial charge in [0, 0.05) is 18.0 Å². The smallest absolute Gasteiger partial charge is 0.314 e. The second kappa shape index (κ2) is 9.33. The highest BCUT2D eigenvalue weighted by molar-refractivity contribution is 7.09. The predicted molar refractivity (Wildman–Crippen MR) is 94.6 cm³/mol. The number of aliphatic hydroxyl groups is 1. The van der Waals surface area contributed by atoms with Crippen molar-refractivity contribution >= 4 is 17.4 Å². The molecule has 4 nitrogen and oxygen atoms in total. The van der Waals surface area contributed by atoms with Gasteiger partial charge in [0.15, 0.2) is 0 Å². The molecule has 0 bridgehead atoms. The Balaban J connectivity index is 1.59. The number of carbonyl (C=O) groups is 1. The van der Waals surface area contributed by atoms with Crippen LogP contribution < -0.4 is 10.6 Å². The Morgan fingerprint density at radius 1 is 1.17 bits per heavy atom. The molecule has 0 spiro atoms. The van der Waals surface area contributed by atoms with Crippen LogP contribution in [0.4, 0.5) is 4.79 Å². The second-order valence-electron chi connectivity index (χ2n) is 5.74. The first-order valence-electron chi connectivity index (χ1n) is 7.92. The molecule has 3 N–H and O–H groups in total. The maximum Gasteiger partial charge on any atom is 0.314 e. The topological polar surface area (TPSA) is 61.4 Å². The van der Waals surface area contributed by atoms with E-state index in [0.717, 1.165) is 12.0 Å². The van der Waals surface area contributed by atoms with Gasteiger partial charge in [-0.1, -0.05) is 43.3 Å². The van der Waals surface area contributed by atoms with E-state index >= 15 is 0 Å². The molecule has 2 aromatic rings. The molecule has 0 aliphatic heterocycles. The van der Waals surface area contributed by atoms with E-state index in [1.807, 2.05) is 36.4 Å². The fourth-order valence-corrected chi connectivity index (χ4v) is 3.21. The predicted octanol–water partition coefficient (Wildman–Crippen LogP) is 3.35. The van der Waals surface area contributed by atoms with Crippen LogP contribution in [-0.4, -0.2) is 24.2 Å². The van der Waals surface area contributed by atoms with Gasteiger partial charge < -0.3 is 15.7 Å². The molecule has 2 unspecified atom stereocenters. The maximum atomic E-state index is 11.8. The van der Waals surface area contributed by atoms with Crippen LogP contribution in [0.25, 0.3) is 0 Å². The molecule has 1 heterocycles. The zero-order valence-corrected chi connectivity index (χ0v) is 14.2. The van der Waals surface area contributed by atoms with Gasteiger partial charge in [0.1, 0.15) is 0 Å². The summed E-state index contributed by atoms with van der Waals surface area (Å²) in [4.78, 5) is 13.1. The molecule has 1 aromatic carbocycles. The van der Waals surface area contributed by atoms with E-state index in [9.17, 15) is 9.90 Å². The molecule has 0 fully saturated rings. The number of rotatable bonds is 8. The van der Waals surface area contributed by atoms with Crippen molar-refractivity contribution < 1.29 is 9.90 Å². The Hall–Kier alpha value is -1.85. The zero-order valence-electron chi connectivity index (χ0n) is 13.4. The summed E-state index contributed by atoms with van der Waals surface area (Å²) in [6.07, 6.45) is 0.932. The Morgan fingerprint density at radius 3 is 2.65 bits per heavy atom. The van der Waals surface area contributed by atoms with Gasteiger partial charge in [-0.15, -0.1) is 11.3 Å². The summed E-state index contributed by atoms with van der Waals surface area (Å²) in [5.41, 5.74) is 0.874. The number of hydrogen-bond acceptors (Lipinski definition) is 3. The quantitative estimate of drug-likeness (QED) is 0.694. The number of amides is 2. The second-order valence-corrected chi connectivity index (χ2v) is 6.77. The summed E-state index contributed by atoms with van der Waals surface area (Å²) in [6.45, 7) is 3.21. The number of benzene rings is 1. The van der Waals surface area contributed by atoms with Crippen LogP contribution in [0.1, 0.15) is 29.9 Å². The SMILES string of the molecule is CC(CNC(=O)NCCC(O)c1ccccc1)Cc1cccs1. The lowest BCUT2D eigenvalue weighted by molar-refractivity contribution is 0.167. The number of hydrogen-bond donors (Lipinski definition) is 3. The van der Waals surface area contributed by atoms with Crippen molar-refractivity contribution in [2.75, 3.05) is 13.1 Å². The number of aliphatic hydroxyl groups excluding tert-OH is 1. The fourth-order valence-electron chi connectivity index (χ4n) is 2.34. The third-order valence-corrected chi connectivity index (χ3v) is 4.53. The lowest BCUT2D eigenvalue weighted by Crippen LogP contribution is -2.38. The number of carbonyl (C=O) groups excluding carboxylic acids is 1. The van der Waals surface area contributed by atoms with E-state index in [1.54, 1.807) is 11.3 Å². The third-order valence-electron chi connectivity index (χ3n) is 3.63. The molecule has 0 aliphatic rings. The van der Waals surface area contributed by atoms with Gasteiger partial charge in [0.25, 0.3) is 0 Å². The molecule has 2 rings (SSSR count). The lowest BCUT2D eigenvalue weighted by atomic mass is 10.1. The summed E-state index contributed by atoms with van der Waals surface area (Å²) >= 11 is 1.74. The first kappa shape index (κ1) is 17.5. The first-order chi connectivity index (χ1) is 11.1. The molecule has 0 saturated heterocycles. The van der Waals surface area contributed by atoms with E-state index < -0.39 is 6.10 Å². The van der Waals surface area contributed by atoms with Crippen LogP contribution in [0.15, 0.2) is 47.8 Å². The number of nitrogens with one attached hydrogen (secondary N) is 2. The third kappa shape index (κ3) is 6.42. The molecule has 5 heteroatoms. The van der Waals surface area contributed by atoms with E-state index in [0.29, 0.717) is 25.4 Å². The van der Waals surface area contributed by atoms with Crippen molar-refractivity contribution in [1.82, 2.24) is 10.6 Å². The monoisotopic (exact) mass is 332 g/mol. The van der Waals surface area contributed by atoms with Gasteiger partial charge in [0.05, 0.1) is 6.10 Å². The molecular weight excluding hydrogens is 308 g/mol. The first-order valence-corrected chi connectivity index (χ1v) is 8.80. The molecule has 1 aromatic heterocycles. The highest BCUT2D eigenvalue weighted by atomic mass is 32.1. The number of thiophene rings is 1. The average molecular weight is 332 g/mol. The van der Waals surface area contributed by atoms with Crippen molar-refractivity contribution in [2.24, 2.45) is 5.92 Å². The van der Waals surface area contributed by atoms with Gasteiger partial charge in [-0.2, -0.15) is 0 Å². The van der Waals surface area contributed by atoms with Gasteiger partial charge >= 0.3 is 6.03 Å². The lowest BCUT2D eigenvalue weighted by Gasteiger charge is -2.14. The normalized spacial score (nSPS) is 13.3. The fraction of sp³-hybridized carbons (Fsp3) is 0.389. The minimum atomic E-state index is -0.547. The molecular formula is C18H24N2O2S. The van der Waals surface area contributed by atoms with Crippen LogP contribution in [0.2, 0.25) is 0 Å². The molecule has 2 amide bonds. The van der Waals surface area contributed by atoms with Crippen LogP contribution in [-0.2, 0) is 6.42 Å². The summed E-state index contributed by atoms with van der Waals surface area (Å²) in [6, 6.07) is 13.5. The molecule has 0 saturated carbocycles. The van der Waals surface area contributed by atoms with Crippen LogP contribution in [0, 0.1) is 5.92 Å². The Kier molecular flexibility index (Phi) is 7.10. The molecule has 124 valence electrons. The van der Waals surface area contributed by atoms with E-state index in [4.69, 9.17) is 0 Å². The minimum Gasteiger partial charge on any atom is -0.388 e. The molecule has 2 atom stereocenters. The highest BCUT2D eigenvalue weighted by Gasteiger charge is 2.09. The van der Waals surface area contributed by atoms with E-state index in [2.05, 4.69) is 29.0 Å². The average Bonchev–Trinajstić information content (AvgIpc) is 3.06. The van der Waals surface area contributed by atoms with Crippen molar-refractivity contribution in [3.63, 3.8) is 0 Å². The summed E-state index contributed by atoms with van der Waals surface area (Å²) < 4.78 is 0. The largest absolute Gasteiger partial charge is 0.388 e. The summed E-state index contributed by atoms with van der Waals surface area (Å²) in [5.74, 6) is 0.398.